The second-order valence-electron chi connectivity index (χ2n) is 5.92. The van der Waals surface area contributed by atoms with Gasteiger partial charge < -0.3 is 14.6 Å². The predicted octanol–water partition coefficient (Wildman–Crippen LogP) is 3.10. The zero-order valence-corrected chi connectivity index (χ0v) is 15.2. The zero-order valence-electron chi connectivity index (χ0n) is 15.2. The molecule has 0 saturated carbocycles. The molecule has 0 fully saturated rings. The van der Waals surface area contributed by atoms with Gasteiger partial charge >= 0.3 is 5.97 Å². The fraction of sp³-hybridized carbons (Fsp3) is 0.150. The number of hydrogen-bond donors (Lipinski definition) is 1. The monoisotopic (exact) mass is 376 g/mol. The van der Waals surface area contributed by atoms with Gasteiger partial charge in [0.1, 0.15) is 6.07 Å². The van der Waals surface area contributed by atoms with Crippen LogP contribution in [-0.2, 0) is 9.53 Å². The standard InChI is InChI=1S/C20H16N4O4/c1-12(18(25)23-17-6-4-3-5-16(17)11-21)27-20(26)15-9-7-14(8-10-15)19-22-13(2)24-28-19/h3-10,12H,1-2H3,(H,23,25)/t12-/m1/s1. The molecule has 0 spiro atoms. The Morgan fingerprint density at radius 3 is 2.54 bits per heavy atom. The molecule has 2 aromatic carbocycles. The van der Waals surface area contributed by atoms with Crippen LogP contribution >= 0.6 is 0 Å². The highest BCUT2D eigenvalue weighted by molar-refractivity contribution is 5.98. The summed E-state index contributed by atoms with van der Waals surface area (Å²) in [5.41, 5.74) is 1.62. The molecule has 28 heavy (non-hydrogen) atoms. The van der Waals surface area contributed by atoms with Gasteiger partial charge in [-0.3, -0.25) is 4.79 Å². The summed E-state index contributed by atoms with van der Waals surface area (Å²) in [4.78, 5) is 28.7. The van der Waals surface area contributed by atoms with Gasteiger partial charge in [0.05, 0.1) is 16.8 Å². The number of esters is 1. The zero-order chi connectivity index (χ0) is 20.1. The van der Waals surface area contributed by atoms with Gasteiger partial charge in [-0.25, -0.2) is 4.79 Å². The van der Waals surface area contributed by atoms with E-state index in [1.54, 1.807) is 55.5 Å². The molecule has 1 aromatic heterocycles. The highest BCUT2D eigenvalue weighted by Gasteiger charge is 2.20. The quantitative estimate of drug-likeness (QED) is 0.680. The number of nitrogens with one attached hydrogen (secondary N) is 1. The van der Waals surface area contributed by atoms with Crippen LogP contribution in [0.2, 0.25) is 0 Å². The molecule has 0 bridgehead atoms. The molecule has 8 nitrogen and oxygen atoms in total. The molecule has 0 aliphatic heterocycles. The number of nitriles is 1. The van der Waals surface area contributed by atoms with Crippen LogP contribution in [-0.4, -0.2) is 28.1 Å². The van der Waals surface area contributed by atoms with Gasteiger partial charge in [0.25, 0.3) is 11.8 Å². The third kappa shape index (κ3) is 4.22. The molecule has 3 rings (SSSR count). The number of aromatic nitrogens is 2. The summed E-state index contributed by atoms with van der Waals surface area (Å²) in [5, 5.41) is 15.4. The third-order valence-electron chi connectivity index (χ3n) is 3.85. The predicted molar refractivity (Wildman–Crippen MR) is 99.1 cm³/mol. The summed E-state index contributed by atoms with van der Waals surface area (Å²) in [6, 6.07) is 15.0. The van der Waals surface area contributed by atoms with E-state index in [0.29, 0.717) is 28.5 Å². The lowest BCUT2D eigenvalue weighted by Crippen LogP contribution is -2.30. The van der Waals surface area contributed by atoms with Crippen LogP contribution < -0.4 is 5.32 Å². The van der Waals surface area contributed by atoms with Crippen molar-refractivity contribution in [3.63, 3.8) is 0 Å². The smallest absolute Gasteiger partial charge is 0.338 e. The van der Waals surface area contributed by atoms with Crippen molar-refractivity contribution < 1.29 is 18.8 Å². The molecule has 0 aliphatic carbocycles. The molecule has 1 heterocycles. The fourth-order valence-corrected chi connectivity index (χ4v) is 2.37. The Kier molecular flexibility index (Phi) is 5.46. The number of nitrogens with zero attached hydrogens (tertiary/aromatic N) is 3. The Balaban J connectivity index is 1.63. The van der Waals surface area contributed by atoms with Crippen LogP contribution in [0.15, 0.2) is 53.1 Å². The summed E-state index contributed by atoms with van der Waals surface area (Å²) < 4.78 is 10.3. The topological polar surface area (TPSA) is 118 Å². The average molecular weight is 376 g/mol. The van der Waals surface area contributed by atoms with Crippen LogP contribution in [0.3, 0.4) is 0 Å². The van der Waals surface area contributed by atoms with Crippen LogP contribution in [0.4, 0.5) is 5.69 Å². The number of para-hydroxylation sites is 1. The van der Waals surface area contributed by atoms with Gasteiger partial charge in [-0.05, 0) is 50.2 Å². The molecule has 140 valence electrons. The molecule has 1 atom stereocenters. The van der Waals surface area contributed by atoms with Crippen molar-refractivity contribution >= 4 is 17.6 Å². The summed E-state index contributed by atoms with van der Waals surface area (Å²) in [6.07, 6.45) is -1.04. The molecule has 8 heteroatoms. The normalized spacial score (nSPS) is 11.3. The lowest BCUT2D eigenvalue weighted by atomic mass is 10.1. The molecule has 1 N–H and O–H groups in total. The van der Waals surface area contributed by atoms with E-state index in [4.69, 9.17) is 14.5 Å². The number of anilines is 1. The Bertz CT molecular complexity index is 1050. The number of aryl methyl sites for hydroxylation is 1. The van der Waals surface area contributed by atoms with Crippen LogP contribution in [0, 0.1) is 18.3 Å². The Hall–Kier alpha value is -3.99. The molecule has 0 radical (unpaired) electrons. The minimum absolute atomic E-state index is 0.275. The van der Waals surface area contributed by atoms with Gasteiger partial charge in [-0.15, -0.1) is 0 Å². The molecular weight excluding hydrogens is 360 g/mol. The number of amides is 1. The first-order valence-corrected chi connectivity index (χ1v) is 8.39. The molecule has 0 saturated heterocycles. The van der Waals surface area contributed by atoms with Gasteiger partial charge in [0.15, 0.2) is 11.9 Å². The third-order valence-corrected chi connectivity index (χ3v) is 3.85. The van der Waals surface area contributed by atoms with Crippen molar-refractivity contribution in [2.75, 3.05) is 5.32 Å². The second-order valence-corrected chi connectivity index (χ2v) is 5.92. The summed E-state index contributed by atoms with van der Waals surface area (Å²) in [5.74, 6) is -0.323. The molecular formula is C20H16N4O4. The number of carbonyl (C=O) groups is 2. The van der Waals surface area contributed by atoms with E-state index in [9.17, 15) is 9.59 Å². The highest BCUT2D eigenvalue weighted by Crippen LogP contribution is 2.19. The number of rotatable bonds is 5. The largest absolute Gasteiger partial charge is 0.449 e. The van der Waals surface area contributed by atoms with Crippen molar-refractivity contribution in [3.8, 4) is 17.5 Å². The first kappa shape index (κ1) is 18.8. The van der Waals surface area contributed by atoms with Crippen molar-refractivity contribution in [1.82, 2.24) is 10.1 Å². The number of carbonyl (C=O) groups excluding carboxylic acids is 2. The van der Waals surface area contributed by atoms with Gasteiger partial charge in [-0.2, -0.15) is 10.2 Å². The van der Waals surface area contributed by atoms with Gasteiger partial charge in [-0.1, -0.05) is 17.3 Å². The van der Waals surface area contributed by atoms with E-state index in [1.165, 1.54) is 6.92 Å². The number of hydrogen-bond acceptors (Lipinski definition) is 7. The maximum Gasteiger partial charge on any atom is 0.338 e. The highest BCUT2D eigenvalue weighted by atomic mass is 16.5. The Morgan fingerprint density at radius 1 is 1.18 bits per heavy atom. The minimum Gasteiger partial charge on any atom is -0.449 e. The first-order valence-electron chi connectivity index (χ1n) is 8.39. The van der Waals surface area contributed by atoms with Crippen molar-refractivity contribution in [2.45, 2.75) is 20.0 Å². The average Bonchev–Trinajstić information content (AvgIpc) is 3.14. The van der Waals surface area contributed by atoms with Crippen molar-refractivity contribution in [1.29, 1.82) is 5.26 Å². The number of benzene rings is 2. The van der Waals surface area contributed by atoms with E-state index < -0.39 is 18.0 Å². The minimum atomic E-state index is -1.04. The Morgan fingerprint density at radius 2 is 1.89 bits per heavy atom. The van der Waals surface area contributed by atoms with E-state index >= 15 is 0 Å². The lowest BCUT2D eigenvalue weighted by Gasteiger charge is -2.14. The Labute approximate surface area is 160 Å². The summed E-state index contributed by atoms with van der Waals surface area (Å²) in [6.45, 7) is 3.16. The van der Waals surface area contributed by atoms with E-state index in [1.807, 2.05) is 6.07 Å². The SMILES string of the molecule is Cc1noc(-c2ccc(C(=O)O[C@H](C)C(=O)Nc3ccccc3C#N)cc2)n1. The molecule has 0 aliphatic rings. The van der Waals surface area contributed by atoms with Gasteiger partial charge in [0.2, 0.25) is 0 Å². The van der Waals surface area contributed by atoms with Crippen molar-refractivity contribution in [2.24, 2.45) is 0 Å². The fourth-order valence-electron chi connectivity index (χ4n) is 2.37. The summed E-state index contributed by atoms with van der Waals surface area (Å²) >= 11 is 0. The van der Waals surface area contributed by atoms with E-state index in [-0.39, 0.29) is 5.56 Å². The summed E-state index contributed by atoms with van der Waals surface area (Å²) in [7, 11) is 0. The van der Waals surface area contributed by atoms with Crippen LogP contribution in [0.1, 0.15) is 28.7 Å². The first-order chi connectivity index (χ1) is 13.5. The van der Waals surface area contributed by atoms with Gasteiger partial charge in [0, 0.05) is 5.56 Å². The lowest BCUT2D eigenvalue weighted by molar-refractivity contribution is -0.123. The van der Waals surface area contributed by atoms with Crippen molar-refractivity contribution in [3.05, 3.63) is 65.5 Å². The second kappa shape index (κ2) is 8.14. The van der Waals surface area contributed by atoms with E-state index in [2.05, 4.69) is 15.5 Å². The molecule has 1 amide bonds. The molecule has 3 aromatic rings. The number of ether oxygens (including phenoxy) is 1. The van der Waals surface area contributed by atoms with Crippen LogP contribution in [0.5, 0.6) is 0 Å². The van der Waals surface area contributed by atoms with E-state index in [0.717, 1.165) is 0 Å². The maximum absolute atomic E-state index is 12.3. The van der Waals surface area contributed by atoms with Crippen LogP contribution in [0.25, 0.3) is 11.5 Å². The maximum atomic E-state index is 12.3. The molecule has 0 unspecified atom stereocenters.